The summed E-state index contributed by atoms with van der Waals surface area (Å²) in [4.78, 5) is 24.9. The van der Waals surface area contributed by atoms with E-state index in [0.29, 0.717) is 23.6 Å². The lowest BCUT2D eigenvalue weighted by molar-refractivity contribution is -0.113. The molecule has 0 spiro atoms. The number of halogens is 1. The summed E-state index contributed by atoms with van der Waals surface area (Å²) >= 11 is 3.37. The average Bonchev–Trinajstić information content (AvgIpc) is 2.64. The molecular formula is C20H20BrN3O3. The molecule has 1 atom stereocenters. The van der Waals surface area contributed by atoms with E-state index in [-0.39, 0.29) is 11.9 Å². The SMILES string of the molecule is CCOc1ccc(C2NC(=O)NC(C)=C2C(=O)Nc2ccc(Br)cc2)cc1. The summed E-state index contributed by atoms with van der Waals surface area (Å²) < 4.78 is 6.38. The molecule has 1 aliphatic rings. The van der Waals surface area contributed by atoms with Gasteiger partial charge in [-0.15, -0.1) is 0 Å². The molecule has 0 radical (unpaired) electrons. The molecule has 1 aliphatic heterocycles. The van der Waals surface area contributed by atoms with Crippen LogP contribution in [0.15, 0.2) is 64.3 Å². The molecule has 1 unspecified atom stereocenters. The molecule has 2 aromatic rings. The van der Waals surface area contributed by atoms with Gasteiger partial charge in [0.1, 0.15) is 5.75 Å². The number of ether oxygens (including phenoxy) is 1. The molecule has 3 N–H and O–H groups in total. The van der Waals surface area contributed by atoms with E-state index in [1.807, 2.05) is 43.3 Å². The predicted octanol–water partition coefficient (Wildman–Crippen LogP) is 4.11. The summed E-state index contributed by atoms with van der Waals surface area (Å²) in [6.07, 6.45) is 0. The van der Waals surface area contributed by atoms with Gasteiger partial charge in [-0.1, -0.05) is 28.1 Å². The normalized spacial score (nSPS) is 16.4. The minimum atomic E-state index is -0.551. The zero-order valence-corrected chi connectivity index (χ0v) is 16.6. The molecule has 0 aromatic heterocycles. The molecule has 140 valence electrons. The summed E-state index contributed by atoms with van der Waals surface area (Å²) in [5, 5.41) is 8.38. The van der Waals surface area contributed by atoms with Crippen molar-refractivity contribution in [2.24, 2.45) is 0 Å². The van der Waals surface area contributed by atoms with Crippen LogP contribution in [0, 0.1) is 0 Å². The number of allylic oxidation sites excluding steroid dienone is 1. The van der Waals surface area contributed by atoms with E-state index >= 15 is 0 Å². The van der Waals surface area contributed by atoms with E-state index in [1.165, 1.54) is 0 Å². The van der Waals surface area contributed by atoms with Gasteiger partial charge < -0.3 is 20.7 Å². The van der Waals surface area contributed by atoms with Gasteiger partial charge in [0.05, 0.1) is 18.2 Å². The van der Waals surface area contributed by atoms with Crippen molar-refractivity contribution in [1.29, 1.82) is 0 Å². The van der Waals surface area contributed by atoms with Crippen LogP contribution in [0.5, 0.6) is 5.75 Å². The molecule has 3 rings (SSSR count). The zero-order chi connectivity index (χ0) is 19.4. The highest BCUT2D eigenvalue weighted by atomic mass is 79.9. The third-order valence-electron chi connectivity index (χ3n) is 4.14. The maximum atomic E-state index is 12.9. The Morgan fingerprint density at radius 1 is 1.15 bits per heavy atom. The standard InChI is InChI=1S/C20H20BrN3O3/c1-3-27-16-10-4-13(5-11-16)18-17(12(2)22-20(26)24-18)19(25)23-15-8-6-14(21)7-9-15/h4-11,18H,3H2,1-2H3,(H,23,25)(H2,22,24,26). The van der Waals surface area contributed by atoms with Crippen LogP contribution >= 0.6 is 15.9 Å². The number of hydrogen-bond acceptors (Lipinski definition) is 3. The largest absolute Gasteiger partial charge is 0.494 e. The van der Waals surface area contributed by atoms with Crippen molar-refractivity contribution in [3.8, 4) is 5.75 Å². The molecular weight excluding hydrogens is 410 g/mol. The number of rotatable bonds is 5. The molecule has 1 heterocycles. The minimum Gasteiger partial charge on any atom is -0.494 e. The molecule has 27 heavy (non-hydrogen) atoms. The Labute approximate surface area is 166 Å². The highest BCUT2D eigenvalue weighted by Crippen LogP contribution is 2.29. The molecule has 6 nitrogen and oxygen atoms in total. The lowest BCUT2D eigenvalue weighted by atomic mass is 9.94. The number of carbonyl (C=O) groups excluding carboxylic acids is 2. The maximum absolute atomic E-state index is 12.9. The van der Waals surface area contributed by atoms with E-state index in [2.05, 4.69) is 31.9 Å². The number of anilines is 1. The van der Waals surface area contributed by atoms with Crippen molar-refractivity contribution in [3.63, 3.8) is 0 Å². The van der Waals surface area contributed by atoms with Gasteiger partial charge in [0.25, 0.3) is 5.91 Å². The van der Waals surface area contributed by atoms with Crippen molar-refractivity contribution in [2.75, 3.05) is 11.9 Å². The number of nitrogens with one attached hydrogen (secondary N) is 3. The van der Waals surface area contributed by atoms with Gasteiger partial charge in [0.15, 0.2) is 0 Å². The fourth-order valence-corrected chi connectivity index (χ4v) is 3.16. The van der Waals surface area contributed by atoms with Crippen molar-refractivity contribution in [3.05, 3.63) is 69.8 Å². The smallest absolute Gasteiger partial charge is 0.319 e. The van der Waals surface area contributed by atoms with Gasteiger partial charge in [-0.25, -0.2) is 4.79 Å². The number of hydrogen-bond donors (Lipinski definition) is 3. The van der Waals surface area contributed by atoms with Gasteiger partial charge in [0, 0.05) is 15.9 Å². The van der Waals surface area contributed by atoms with Crippen molar-refractivity contribution in [1.82, 2.24) is 10.6 Å². The first-order chi connectivity index (χ1) is 13.0. The molecule has 0 aliphatic carbocycles. The van der Waals surface area contributed by atoms with Gasteiger partial charge in [-0.05, 0) is 55.8 Å². The Morgan fingerprint density at radius 3 is 2.44 bits per heavy atom. The summed E-state index contributed by atoms with van der Waals surface area (Å²) in [6.45, 7) is 4.21. The highest BCUT2D eigenvalue weighted by molar-refractivity contribution is 9.10. The van der Waals surface area contributed by atoms with E-state index in [1.54, 1.807) is 19.1 Å². The van der Waals surface area contributed by atoms with Crippen molar-refractivity contribution in [2.45, 2.75) is 19.9 Å². The number of urea groups is 1. The van der Waals surface area contributed by atoms with Crippen LogP contribution in [0.2, 0.25) is 0 Å². The van der Waals surface area contributed by atoms with Crippen LogP contribution in [0.1, 0.15) is 25.5 Å². The van der Waals surface area contributed by atoms with Gasteiger partial charge >= 0.3 is 6.03 Å². The van der Waals surface area contributed by atoms with E-state index in [4.69, 9.17) is 4.74 Å². The summed E-state index contributed by atoms with van der Waals surface area (Å²) in [5.41, 5.74) is 2.45. The topological polar surface area (TPSA) is 79.5 Å². The van der Waals surface area contributed by atoms with Crippen LogP contribution < -0.4 is 20.7 Å². The lowest BCUT2D eigenvalue weighted by Gasteiger charge is -2.28. The van der Waals surface area contributed by atoms with Gasteiger partial charge in [0.2, 0.25) is 0 Å². The zero-order valence-electron chi connectivity index (χ0n) is 15.0. The highest BCUT2D eigenvalue weighted by Gasteiger charge is 2.31. The first-order valence-corrected chi connectivity index (χ1v) is 9.35. The Balaban J connectivity index is 1.89. The van der Waals surface area contributed by atoms with Crippen LogP contribution in [-0.2, 0) is 4.79 Å². The monoisotopic (exact) mass is 429 g/mol. The second kappa shape index (κ2) is 8.26. The van der Waals surface area contributed by atoms with Crippen LogP contribution in [-0.4, -0.2) is 18.5 Å². The number of amides is 3. The van der Waals surface area contributed by atoms with E-state index in [9.17, 15) is 9.59 Å². The van der Waals surface area contributed by atoms with Gasteiger partial charge in [-0.2, -0.15) is 0 Å². The maximum Gasteiger partial charge on any atom is 0.319 e. The predicted molar refractivity (Wildman–Crippen MR) is 107 cm³/mol. The van der Waals surface area contributed by atoms with Crippen LogP contribution in [0.4, 0.5) is 10.5 Å². The molecule has 0 saturated carbocycles. The van der Waals surface area contributed by atoms with Crippen LogP contribution in [0.3, 0.4) is 0 Å². The summed E-state index contributed by atoms with van der Waals surface area (Å²) in [6, 6.07) is 13.8. The third kappa shape index (κ3) is 4.49. The van der Waals surface area contributed by atoms with E-state index in [0.717, 1.165) is 15.8 Å². The quantitative estimate of drug-likeness (QED) is 0.668. The number of benzene rings is 2. The Bertz CT molecular complexity index is 876. The first-order valence-electron chi connectivity index (χ1n) is 8.56. The first kappa shape index (κ1) is 19.0. The molecule has 0 saturated heterocycles. The molecule has 2 aromatic carbocycles. The fraction of sp³-hybridized carbons (Fsp3) is 0.200. The van der Waals surface area contributed by atoms with E-state index < -0.39 is 6.04 Å². The third-order valence-corrected chi connectivity index (χ3v) is 4.67. The minimum absolute atomic E-state index is 0.277. The Morgan fingerprint density at radius 2 is 1.81 bits per heavy atom. The molecule has 0 bridgehead atoms. The van der Waals surface area contributed by atoms with Crippen molar-refractivity contribution < 1.29 is 14.3 Å². The second-order valence-electron chi connectivity index (χ2n) is 6.03. The molecule has 0 fully saturated rings. The molecule has 3 amide bonds. The summed E-state index contributed by atoms with van der Waals surface area (Å²) in [7, 11) is 0. The molecule has 7 heteroatoms. The second-order valence-corrected chi connectivity index (χ2v) is 6.95. The summed E-state index contributed by atoms with van der Waals surface area (Å²) in [5.74, 6) is 0.462. The number of carbonyl (C=O) groups is 2. The lowest BCUT2D eigenvalue weighted by Crippen LogP contribution is -2.45. The van der Waals surface area contributed by atoms with Crippen molar-refractivity contribution >= 4 is 33.6 Å². The fourth-order valence-electron chi connectivity index (χ4n) is 2.90. The van der Waals surface area contributed by atoms with Crippen LogP contribution in [0.25, 0.3) is 0 Å². The average molecular weight is 430 g/mol. The van der Waals surface area contributed by atoms with Gasteiger partial charge in [-0.3, -0.25) is 4.79 Å². The Hall–Kier alpha value is -2.80. The Kier molecular flexibility index (Phi) is 5.81.